The van der Waals surface area contributed by atoms with Crippen LogP contribution in [0.3, 0.4) is 0 Å². The highest BCUT2D eigenvalue weighted by molar-refractivity contribution is 5.68. The minimum absolute atomic E-state index is 0.257. The number of fused-ring (bicyclic) bond motifs is 1. The molecule has 2 heterocycles. The number of aryl methyl sites for hydroxylation is 1. The molecule has 0 spiro atoms. The molecule has 2 aromatic heterocycles. The van der Waals surface area contributed by atoms with Crippen molar-refractivity contribution in [1.29, 1.82) is 0 Å². The molecule has 8 heteroatoms. The normalized spacial score (nSPS) is 11.8. The highest BCUT2D eigenvalue weighted by atomic mass is 19.4. The number of ether oxygens (including phenoxy) is 1. The first kappa shape index (κ1) is 13.3. The van der Waals surface area contributed by atoms with Crippen molar-refractivity contribution in [3.63, 3.8) is 0 Å². The van der Waals surface area contributed by atoms with Gasteiger partial charge >= 0.3 is 6.36 Å². The van der Waals surface area contributed by atoms with Gasteiger partial charge in [0.25, 0.3) is 0 Å². The summed E-state index contributed by atoms with van der Waals surface area (Å²) < 4.78 is 41.8. The van der Waals surface area contributed by atoms with Crippen LogP contribution < -0.4 is 4.74 Å². The molecule has 0 N–H and O–H groups in total. The van der Waals surface area contributed by atoms with Gasteiger partial charge in [0.05, 0.1) is 5.69 Å². The van der Waals surface area contributed by atoms with E-state index >= 15 is 0 Å². The van der Waals surface area contributed by atoms with E-state index in [-0.39, 0.29) is 5.75 Å². The van der Waals surface area contributed by atoms with Crippen molar-refractivity contribution in [2.24, 2.45) is 0 Å². The van der Waals surface area contributed by atoms with Crippen LogP contribution in [0.15, 0.2) is 36.4 Å². The molecule has 0 bridgehead atoms. The monoisotopic (exact) mass is 294 g/mol. The smallest absolute Gasteiger partial charge is 0.406 e. The first-order chi connectivity index (χ1) is 9.94. The van der Waals surface area contributed by atoms with Gasteiger partial charge in [0, 0.05) is 5.56 Å². The Kier molecular flexibility index (Phi) is 3.00. The van der Waals surface area contributed by atoms with Gasteiger partial charge in [0.1, 0.15) is 5.75 Å². The van der Waals surface area contributed by atoms with Crippen molar-refractivity contribution >= 4 is 5.65 Å². The van der Waals surface area contributed by atoms with E-state index in [2.05, 4.69) is 20.3 Å². The van der Waals surface area contributed by atoms with Crippen LogP contribution in [0.2, 0.25) is 0 Å². The molecule has 3 rings (SSSR count). The van der Waals surface area contributed by atoms with Crippen LogP contribution in [-0.4, -0.2) is 26.4 Å². The number of rotatable bonds is 2. The number of aromatic nitrogens is 4. The van der Waals surface area contributed by atoms with Gasteiger partial charge in [0.15, 0.2) is 5.65 Å². The topological polar surface area (TPSA) is 52.3 Å². The molecular weight excluding hydrogens is 285 g/mol. The molecule has 0 amide bonds. The van der Waals surface area contributed by atoms with Gasteiger partial charge < -0.3 is 4.74 Å². The summed E-state index contributed by atoms with van der Waals surface area (Å²) in [5, 5.41) is 11.2. The molecule has 0 unspecified atom stereocenters. The molecule has 0 fully saturated rings. The molecule has 3 aromatic rings. The number of pyridine rings is 1. The third-order valence-corrected chi connectivity index (χ3v) is 3.00. The molecule has 0 radical (unpaired) electrons. The summed E-state index contributed by atoms with van der Waals surface area (Å²) >= 11 is 0. The first-order valence-corrected chi connectivity index (χ1v) is 5.98. The predicted octanol–water partition coefficient (Wildman–Crippen LogP) is 3.00. The minimum atomic E-state index is -4.69. The molecule has 21 heavy (non-hydrogen) atoms. The summed E-state index contributed by atoms with van der Waals surface area (Å²) in [7, 11) is 0. The molecule has 0 saturated heterocycles. The fraction of sp³-hybridized carbons (Fsp3) is 0.154. The Labute approximate surface area is 117 Å². The van der Waals surface area contributed by atoms with Crippen molar-refractivity contribution in [1.82, 2.24) is 20.0 Å². The average molecular weight is 294 g/mol. The zero-order chi connectivity index (χ0) is 15.0. The van der Waals surface area contributed by atoms with Crippen molar-refractivity contribution in [3.8, 4) is 16.9 Å². The lowest BCUT2D eigenvalue weighted by Gasteiger charge is -2.10. The number of nitrogens with zero attached hydrogens (tertiary/aromatic N) is 4. The average Bonchev–Trinajstić information content (AvgIpc) is 2.88. The quantitative estimate of drug-likeness (QED) is 0.729. The van der Waals surface area contributed by atoms with Gasteiger partial charge in [-0.1, -0.05) is 12.1 Å². The van der Waals surface area contributed by atoms with Crippen LogP contribution in [0.25, 0.3) is 16.8 Å². The van der Waals surface area contributed by atoms with Crippen LogP contribution in [0, 0.1) is 6.92 Å². The van der Waals surface area contributed by atoms with E-state index in [1.54, 1.807) is 22.7 Å². The second-order valence-electron chi connectivity index (χ2n) is 4.35. The van der Waals surface area contributed by atoms with Crippen molar-refractivity contribution in [2.75, 3.05) is 0 Å². The number of halogens is 3. The van der Waals surface area contributed by atoms with Crippen LogP contribution >= 0.6 is 0 Å². The lowest BCUT2D eigenvalue weighted by molar-refractivity contribution is -0.274. The van der Waals surface area contributed by atoms with Crippen molar-refractivity contribution in [2.45, 2.75) is 13.3 Å². The standard InChI is InChI=1S/C13H9F3N4O/c1-8-11(6-7-12-17-18-19-20(8)12)9-2-4-10(5-3-9)21-13(14,15)16/h2-7H,1H3. The van der Waals surface area contributed by atoms with E-state index in [0.717, 1.165) is 16.8 Å². The first-order valence-electron chi connectivity index (χ1n) is 5.98. The Bertz CT molecular complexity index is 780. The summed E-state index contributed by atoms with van der Waals surface area (Å²) in [5.74, 6) is -0.257. The van der Waals surface area contributed by atoms with E-state index < -0.39 is 6.36 Å². The fourth-order valence-electron chi connectivity index (χ4n) is 2.07. The Morgan fingerprint density at radius 2 is 1.76 bits per heavy atom. The molecule has 5 nitrogen and oxygen atoms in total. The lowest BCUT2D eigenvalue weighted by Crippen LogP contribution is -2.16. The molecule has 108 valence electrons. The van der Waals surface area contributed by atoms with Gasteiger partial charge in [-0.05, 0) is 47.2 Å². The second-order valence-corrected chi connectivity index (χ2v) is 4.35. The third-order valence-electron chi connectivity index (χ3n) is 3.00. The van der Waals surface area contributed by atoms with Gasteiger partial charge in [-0.3, -0.25) is 0 Å². The maximum atomic E-state index is 12.1. The second kappa shape index (κ2) is 4.72. The third kappa shape index (κ3) is 2.64. The number of alkyl halides is 3. The summed E-state index contributed by atoms with van der Waals surface area (Å²) in [6.45, 7) is 1.83. The number of hydrogen-bond donors (Lipinski definition) is 0. The van der Waals surface area contributed by atoms with Crippen LogP contribution in [0.5, 0.6) is 5.75 Å². The fourth-order valence-corrected chi connectivity index (χ4v) is 2.07. The number of benzene rings is 1. The molecule has 1 aromatic carbocycles. The van der Waals surface area contributed by atoms with E-state index in [0.29, 0.717) is 5.65 Å². The molecular formula is C13H9F3N4O. The van der Waals surface area contributed by atoms with E-state index in [1.165, 1.54) is 12.1 Å². The van der Waals surface area contributed by atoms with Crippen LogP contribution in [0.4, 0.5) is 13.2 Å². The van der Waals surface area contributed by atoms with Gasteiger partial charge in [-0.25, -0.2) is 0 Å². The molecule has 0 aliphatic carbocycles. The van der Waals surface area contributed by atoms with Gasteiger partial charge in [-0.15, -0.1) is 18.3 Å². The van der Waals surface area contributed by atoms with Crippen molar-refractivity contribution in [3.05, 3.63) is 42.1 Å². The van der Waals surface area contributed by atoms with E-state index in [9.17, 15) is 13.2 Å². The van der Waals surface area contributed by atoms with Crippen molar-refractivity contribution < 1.29 is 17.9 Å². The Morgan fingerprint density at radius 1 is 1.05 bits per heavy atom. The summed E-state index contributed by atoms with van der Waals surface area (Å²) in [4.78, 5) is 0. The summed E-state index contributed by atoms with van der Waals surface area (Å²) in [5.41, 5.74) is 2.98. The van der Waals surface area contributed by atoms with Gasteiger partial charge in [0.2, 0.25) is 0 Å². The highest BCUT2D eigenvalue weighted by Gasteiger charge is 2.30. The molecule has 0 aliphatic heterocycles. The maximum absolute atomic E-state index is 12.1. The minimum Gasteiger partial charge on any atom is -0.406 e. The Balaban J connectivity index is 1.97. The Morgan fingerprint density at radius 3 is 2.43 bits per heavy atom. The van der Waals surface area contributed by atoms with Crippen LogP contribution in [-0.2, 0) is 0 Å². The number of tetrazole rings is 1. The van der Waals surface area contributed by atoms with Gasteiger partial charge in [-0.2, -0.15) is 4.52 Å². The van der Waals surface area contributed by atoms with E-state index in [1.807, 2.05) is 13.0 Å². The molecule has 0 atom stereocenters. The largest absolute Gasteiger partial charge is 0.573 e. The number of hydrogen-bond acceptors (Lipinski definition) is 4. The summed E-state index contributed by atoms with van der Waals surface area (Å²) in [6, 6.07) is 9.21. The predicted molar refractivity (Wildman–Crippen MR) is 67.6 cm³/mol. The Hall–Kier alpha value is -2.64. The zero-order valence-corrected chi connectivity index (χ0v) is 10.8. The molecule has 0 saturated carbocycles. The lowest BCUT2D eigenvalue weighted by atomic mass is 10.0. The zero-order valence-electron chi connectivity index (χ0n) is 10.8. The van der Waals surface area contributed by atoms with Crippen LogP contribution in [0.1, 0.15) is 5.69 Å². The van der Waals surface area contributed by atoms with E-state index in [4.69, 9.17) is 0 Å². The molecule has 0 aliphatic rings. The highest BCUT2D eigenvalue weighted by Crippen LogP contribution is 2.28. The maximum Gasteiger partial charge on any atom is 0.573 e. The SMILES string of the molecule is Cc1c(-c2ccc(OC(F)(F)F)cc2)ccc2nnnn12. The summed E-state index contributed by atoms with van der Waals surface area (Å²) in [6.07, 6.45) is -4.69.